The lowest BCUT2D eigenvalue weighted by molar-refractivity contribution is 0.292. The lowest BCUT2D eigenvalue weighted by Gasteiger charge is -2.09. The third kappa shape index (κ3) is 3.15. The van der Waals surface area contributed by atoms with Crippen LogP contribution in [-0.2, 0) is 6.61 Å². The van der Waals surface area contributed by atoms with Crippen molar-refractivity contribution in [2.75, 3.05) is 0 Å². The largest absolute Gasteiger partial charge is 0.488 e. The molecule has 0 unspecified atom stereocenters. The Bertz CT molecular complexity index is 575. The molecule has 0 heterocycles. The summed E-state index contributed by atoms with van der Waals surface area (Å²) >= 11 is 9.95. The van der Waals surface area contributed by atoms with Crippen molar-refractivity contribution in [3.05, 3.63) is 58.6 Å². The molecule has 0 atom stereocenters. The van der Waals surface area contributed by atoms with E-state index < -0.39 is 11.6 Å². The molecule has 1 nitrogen and oxygen atoms in total. The number of halogens is 3. The Morgan fingerprint density at radius 3 is 2.61 bits per heavy atom. The number of rotatable bonds is 3. The second-order valence-electron chi connectivity index (χ2n) is 3.64. The molecular weight excluding hydrogens is 278 g/mol. The monoisotopic (exact) mass is 286 g/mol. The molecule has 0 aromatic heterocycles. The maximum absolute atomic E-state index is 13.4. The minimum atomic E-state index is -0.508. The second-order valence-corrected chi connectivity index (χ2v) is 4.55. The van der Waals surface area contributed by atoms with Crippen LogP contribution in [0.3, 0.4) is 0 Å². The smallest absolute Gasteiger partial charge is 0.133 e. The molecule has 94 valence electrons. The molecule has 0 aliphatic rings. The van der Waals surface area contributed by atoms with Gasteiger partial charge in [0.25, 0.3) is 0 Å². The molecule has 18 heavy (non-hydrogen) atoms. The Morgan fingerprint density at radius 1 is 1.11 bits per heavy atom. The highest BCUT2D eigenvalue weighted by molar-refractivity contribution is 7.80. The summed E-state index contributed by atoms with van der Waals surface area (Å²) in [6.07, 6.45) is 0. The number of benzene rings is 2. The highest BCUT2D eigenvalue weighted by atomic mass is 35.5. The number of thiol groups is 1. The Hall–Kier alpha value is -1.26. The second kappa shape index (κ2) is 5.59. The topological polar surface area (TPSA) is 9.23 Å². The van der Waals surface area contributed by atoms with Crippen LogP contribution < -0.4 is 4.74 Å². The summed E-state index contributed by atoms with van der Waals surface area (Å²) in [5.74, 6) is -0.547. The average molecular weight is 287 g/mol. The first-order valence-corrected chi connectivity index (χ1v) is 5.94. The van der Waals surface area contributed by atoms with E-state index in [1.807, 2.05) is 0 Å². The van der Waals surface area contributed by atoms with Crippen LogP contribution in [0.1, 0.15) is 5.56 Å². The third-order valence-electron chi connectivity index (χ3n) is 2.31. The van der Waals surface area contributed by atoms with Gasteiger partial charge in [0, 0.05) is 15.5 Å². The van der Waals surface area contributed by atoms with Gasteiger partial charge in [0.05, 0.1) is 0 Å². The Balaban J connectivity index is 2.13. The van der Waals surface area contributed by atoms with Crippen LogP contribution in [0.4, 0.5) is 8.78 Å². The van der Waals surface area contributed by atoms with Crippen LogP contribution in [0.15, 0.2) is 41.3 Å². The quantitative estimate of drug-likeness (QED) is 0.818. The number of hydrogen-bond acceptors (Lipinski definition) is 2. The van der Waals surface area contributed by atoms with E-state index in [0.29, 0.717) is 15.7 Å². The van der Waals surface area contributed by atoms with E-state index in [1.165, 1.54) is 0 Å². The molecule has 5 heteroatoms. The van der Waals surface area contributed by atoms with Crippen LogP contribution >= 0.6 is 24.2 Å². The molecule has 2 aromatic carbocycles. The van der Waals surface area contributed by atoms with E-state index in [4.69, 9.17) is 16.3 Å². The van der Waals surface area contributed by atoms with Crippen LogP contribution in [0.25, 0.3) is 0 Å². The van der Waals surface area contributed by atoms with Crippen molar-refractivity contribution in [1.29, 1.82) is 0 Å². The SMILES string of the molecule is Fc1ccc(F)c(COc2ccc(Cl)cc2S)c1. The maximum Gasteiger partial charge on any atom is 0.133 e. The zero-order chi connectivity index (χ0) is 13.1. The first kappa shape index (κ1) is 13.2. The Morgan fingerprint density at radius 2 is 1.89 bits per heavy atom. The summed E-state index contributed by atoms with van der Waals surface area (Å²) in [4.78, 5) is 0.541. The third-order valence-corrected chi connectivity index (χ3v) is 2.90. The molecule has 0 aliphatic carbocycles. The zero-order valence-electron chi connectivity index (χ0n) is 9.16. The van der Waals surface area contributed by atoms with Crippen molar-refractivity contribution in [1.82, 2.24) is 0 Å². The normalized spacial score (nSPS) is 10.4. The van der Waals surface area contributed by atoms with Crippen molar-refractivity contribution in [3.8, 4) is 5.75 Å². The summed E-state index contributed by atoms with van der Waals surface area (Å²) in [6.45, 7) is -0.0706. The van der Waals surface area contributed by atoms with Gasteiger partial charge in [0.15, 0.2) is 0 Å². The van der Waals surface area contributed by atoms with Gasteiger partial charge in [-0.25, -0.2) is 8.78 Å². The summed E-state index contributed by atoms with van der Waals surface area (Å²) in [5.41, 5.74) is 0.151. The molecule has 2 rings (SSSR count). The summed E-state index contributed by atoms with van der Waals surface area (Å²) in [7, 11) is 0. The lowest BCUT2D eigenvalue weighted by atomic mass is 10.2. The van der Waals surface area contributed by atoms with E-state index in [9.17, 15) is 8.78 Å². The summed E-state index contributed by atoms with van der Waals surface area (Å²) in [6, 6.07) is 8.11. The fourth-order valence-electron chi connectivity index (χ4n) is 1.42. The van der Waals surface area contributed by atoms with E-state index in [-0.39, 0.29) is 12.2 Å². The molecule has 0 amide bonds. The van der Waals surface area contributed by atoms with E-state index in [1.54, 1.807) is 18.2 Å². The molecule has 0 radical (unpaired) electrons. The van der Waals surface area contributed by atoms with Gasteiger partial charge in [-0.2, -0.15) is 0 Å². The van der Waals surface area contributed by atoms with Crippen molar-refractivity contribution in [2.24, 2.45) is 0 Å². The predicted octanol–water partition coefficient (Wildman–Crippen LogP) is 4.49. The van der Waals surface area contributed by atoms with Gasteiger partial charge in [0.1, 0.15) is 24.0 Å². The van der Waals surface area contributed by atoms with E-state index in [2.05, 4.69) is 12.6 Å². The highest BCUT2D eigenvalue weighted by Crippen LogP contribution is 2.27. The van der Waals surface area contributed by atoms with Gasteiger partial charge in [-0.05, 0) is 36.4 Å². The molecule has 0 aliphatic heterocycles. The minimum absolute atomic E-state index is 0.0706. The average Bonchev–Trinajstić information content (AvgIpc) is 2.32. The maximum atomic E-state index is 13.4. The van der Waals surface area contributed by atoms with Crippen LogP contribution in [-0.4, -0.2) is 0 Å². The van der Waals surface area contributed by atoms with Crippen LogP contribution in [0.5, 0.6) is 5.75 Å². The van der Waals surface area contributed by atoms with Crippen molar-refractivity contribution in [2.45, 2.75) is 11.5 Å². The van der Waals surface area contributed by atoms with Gasteiger partial charge in [-0.1, -0.05) is 11.6 Å². The molecule has 0 N–H and O–H groups in total. The molecular formula is C13H9ClF2OS. The highest BCUT2D eigenvalue weighted by Gasteiger charge is 2.06. The first-order chi connectivity index (χ1) is 8.56. The van der Waals surface area contributed by atoms with Gasteiger partial charge >= 0.3 is 0 Å². The van der Waals surface area contributed by atoms with E-state index in [0.717, 1.165) is 18.2 Å². The van der Waals surface area contributed by atoms with Gasteiger partial charge in [0.2, 0.25) is 0 Å². The zero-order valence-corrected chi connectivity index (χ0v) is 10.8. The Kier molecular flexibility index (Phi) is 4.09. The fourth-order valence-corrected chi connectivity index (χ4v) is 1.95. The molecule has 0 fully saturated rings. The Labute approximate surface area is 114 Å². The van der Waals surface area contributed by atoms with Gasteiger partial charge in [-0.15, -0.1) is 12.6 Å². The van der Waals surface area contributed by atoms with Crippen LogP contribution in [0, 0.1) is 11.6 Å². The standard InChI is InChI=1S/C13H9ClF2OS/c14-9-1-4-12(13(18)6-9)17-7-8-5-10(15)2-3-11(8)16/h1-6,18H,7H2. The molecule has 0 saturated carbocycles. The first-order valence-electron chi connectivity index (χ1n) is 5.11. The fraction of sp³-hybridized carbons (Fsp3) is 0.0769. The van der Waals surface area contributed by atoms with Crippen molar-refractivity contribution < 1.29 is 13.5 Å². The van der Waals surface area contributed by atoms with Gasteiger partial charge < -0.3 is 4.74 Å². The molecule has 2 aromatic rings. The number of ether oxygens (including phenoxy) is 1. The lowest BCUT2D eigenvalue weighted by Crippen LogP contribution is -1.99. The predicted molar refractivity (Wildman–Crippen MR) is 69.4 cm³/mol. The summed E-state index contributed by atoms with van der Waals surface area (Å²) in [5, 5.41) is 0.532. The molecule has 0 bridgehead atoms. The van der Waals surface area contributed by atoms with Crippen molar-refractivity contribution >= 4 is 24.2 Å². The van der Waals surface area contributed by atoms with E-state index >= 15 is 0 Å². The number of hydrogen-bond donors (Lipinski definition) is 1. The van der Waals surface area contributed by atoms with Gasteiger partial charge in [-0.3, -0.25) is 0 Å². The minimum Gasteiger partial charge on any atom is -0.488 e. The molecule has 0 saturated heterocycles. The van der Waals surface area contributed by atoms with Crippen LogP contribution in [0.2, 0.25) is 5.02 Å². The summed E-state index contributed by atoms with van der Waals surface area (Å²) < 4.78 is 31.7. The van der Waals surface area contributed by atoms with Crippen molar-refractivity contribution in [3.63, 3.8) is 0 Å². The molecule has 0 spiro atoms.